The largest absolute Gasteiger partial charge is 0.402 e. The maximum Gasteiger partial charge on any atom is 0.402 e. The van der Waals surface area contributed by atoms with Gasteiger partial charge in [0.2, 0.25) is 0 Å². The molecule has 1 saturated carbocycles. The smallest absolute Gasteiger partial charge is 0.195 e. The Bertz CT molecular complexity index is 736. The Morgan fingerprint density at radius 3 is 2.52 bits per heavy atom. The van der Waals surface area contributed by atoms with Gasteiger partial charge >= 0.3 is 6.18 Å². The molecule has 4 rings (SSSR count). The van der Waals surface area contributed by atoms with E-state index in [4.69, 9.17) is 0 Å². The zero-order chi connectivity index (χ0) is 17.2. The third kappa shape index (κ3) is 3.45. The predicted octanol–water partition coefficient (Wildman–Crippen LogP) is 2.06. The van der Waals surface area contributed by atoms with Crippen LogP contribution in [-0.2, 0) is 55.8 Å². The Balaban J connectivity index is 0.00000182. The van der Waals surface area contributed by atoms with Crippen LogP contribution in [0, 0.1) is 17.9 Å². The molecule has 1 N–H and O–H groups in total. The fourth-order valence-electron chi connectivity index (χ4n) is 4.72. The minimum Gasteiger partial charge on any atom is -0.195 e. The van der Waals surface area contributed by atoms with Crippen LogP contribution in [0.25, 0.3) is 0 Å². The SMILES string of the molecule is O=S1(=O)N[C@]2(CN1CC(F)(F)F)[C@@H]1CC[C@H]2Cc2c[c-]ccc2C1.[Y]. The molecule has 0 aromatic heterocycles. The second-order valence-corrected chi connectivity index (χ2v) is 8.78. The number of hydrogen-bond donors (Lipinski definition) is 1. The normalized spacial score (nSPS) is 33.7. The van der Waals surface area contributed by atoms with Crippen LogP contribution < -0.4 is 4.72 Å². The Kier molecular flexibility index (Phi) is 5.17. The summed E-state index contributed by atoms with van der Waals surface area (Å²) in [7, 11) is -4.10. The number of nitrogens with zero attached hydrogens (tertiary/aromatic N) is 1. The molecule has 1 aromatic carbocycles. The van der Waals surface area contributed by atoms with Gasteiger partial charge in [-0.15, -0.1) is 0 Å². The third-order valence-electron chi connectivity index (χ3n) is 5.76. The molecule has 1 spiro atoms. The number of hydrogen-bond acceptors (Lipinski definition) is 2. The summed E-state index contributed by atoms with van der Waals surface area (Å²) in [5.41, 5.74) is 1.51. The summed E-state index contributed by atoms with van der Waals surface area (Å²) in [6.45, 7) is -1.52. The molecular weight excluding hydrogens is 430 g/mol. The molecule has 0 amide bonds. The summed E-state index contributed by atoms with van der Waals surface area (Å²) < 4.78 is 66.2. The maximum absolute atomic E-state index is 12.8. The second-order valence-electron chi connectivity index (χ2n) is 7.10. The van der Waals surface area contributed by atoms with Crippen LogP contribution in [0.4, 0.5) is 13.2 Å². The summed E-state index contributed by atoms with van der Waals surface area (Å²) in [5.74, 6) is 0.0479. The third-order valence-corrected chi connectivity index (χ3v) is 7.33. The molecule has 25 heavy (non-hydrogen) atoms. The average molecular weight is 448 g/mol. The number of halogens is 3. The monoisotopic (exact) mass is 448 g/mol. The van der Waals surface area contributed by atoms with Crippen LogP contribution in [0.1, 0.15) is 24.0 Å². The van der Waals surface area contributed by atoms with Crippen LogP contribution in [0.5, 0.6) is 0 Å². The number of benzene rings is 1. The van der Waals surface area contributed by atoms with Crippen molar-refractivity contribution >= 4 is 10.2 Å². The summed E-state index contributed by atoms with van der Waals surface area (Å²) >= 11 is 0. The van der Waals surface area contributed by atoms with Gasteiger partial charge < -0.3 is 0 Å². The number of nitrogens with one attached hydrogen (secondary N) is 1. The first-order valence-corrected chi connectivity index (χ1v) is 9.47. The molecule has 1 saturated heterocycles. The van der Waals surface area contributed by atoms with Crippen molar-refractivity contribution in [3.8, 4) is 0 Å². The van der Waals surface area contributed by atoms with Crippen LogP contribution >= 0.6 is 0 Å². The minimum absolute atomic E-state index is 0. The summed E-state index contributed by atoms with van der Waals surface area (Å²) in [6.07, 6.45) is -1.48. The van der Waals surface area contributed by atoms with Crippen LogP contribution in [0.15, 0.2) is 18.2 Å². The molecule has 4 nitrogen and oxygen atoms in total. The van der Waals surface area contributed by atoms with Crippen molar-refractivity contribution < 1.29 is 54.3 Å². The molecule has 2 fully saturated rings. The Morgan fingerprint density at radius 2 is 1.88 bits per heavy atom. The topological polar surface area (TPSA) is 49.4 Å². The van der Waals surface area contributed by atoms with E-state index in [1.165, 1.54) is 0 Å². The standard InChI is InChI=1S/C16H18F3N2O2S.Y/c17-16(18,19)10-21-9-15(20-24(21,22)23)13-5-6-14(15)8-12-4-2-1-3-11(12)7-13;/h1,3-4,13-14,20H,5-10H2;/q-1;/t13-,14+,15-;/m1./s1. The number of rotatable bonds is 1. The zero-order valence-electron chi connectivity index (χ0n) is 13.5. The Morgan fingerprint density at radius 1 is 1.24 bits per heavy atom. The fourth-order valence-corrected chi connectivity index (χ4v) is 6.42. The van der Waals surface area contributed by atoms with Gasteiger partial charge in [0.25, 0.3) is 10.2 Å². The van der Waals surface area contributed by atoms with E-state index in [9.17, 15) is 21.6 Å². The summed E-state index contributed by atoms with van der Waals surface area (Å²) in [6, 6.07) is 8.78. The minimum atomic E-state index is -4.54. The van der Waals surface area contributed by atoms with Gasteiger partial charge in [0.15, 0.2) is 0 Å². The van der Waals surface area contributed by atoms with Crippen molar-refractivity contribution in [2.24, 2.45) is 11.8 Å². The Hall–Kier alpha value is -0.0161. The quantitative estimate of drug-likeness (QED) is 0.669. The fraction of sp³-hybridized carbons (Fsp3) is 0.625. The molecule has 1 aromatic rings. The average Bonchev–Trinajstić information content (AvgIpc) is 2.83. The van der Waals surface area contributed by atoms with Gasteiger partial charge in [-0.2, -0.15) is 66.0 Å². The molecule has 3 atom stereocenters. The predicted molar refractivity (Wildman–Crippen MR) is 81.3 cm³/mol. The van der Waals surface area contributed by atoms with Crippen molar-refractivity contribution in [2.45, 2.75) is 37.4 Å². The van der Waals surface area contributed by atoms with Crippen molar-refractivity contribution in [1.29, 1.82) is 0 Å². The van der Waals surface area contributed by atoms with Crippen molar-refractivity contribution in [2.75, 3.05) is 13.1 Å². The van der Waals surface area contributed by atoms with Crippen molar-refractivity contribution in [1.82, 2.24) is 9.03 Å². The van der Waals surface area contributed by atoms with Gasteiger partial charge in [-0.1, -0.05) is 6.42 Å². The van der Waals surface area contributed by atoms with Crippen molar-refractivity contribution in [3.05, 3.63) is 35.4 Å². The van der Waals surface area contributed by atoms with E-state index in [-0.39, 0.29) is 51.1 Å². The molecule has 1 aliphatic heterocycles. The Labute approximate surface area is 170 Å². The van der Waals surface area contributed by atoms with E-state index in [0.717, 1.165) is 24.0 Å². The van der Waals surface area contributed by atoms with Gasteiger partial charge in [0.05, 0.1) is 5.54 Å². The molecule has 3 aliphatic rings. The van der Waals surface area contributed by atoms with E-state index in [0.29, 0.717) is 17.1 Å². The van der Waals surface area contributed by atoms with E-state index in [2.05, 4.69) is 10.8 Å². The zero-order valence-corrected chi connectivity index (χ0v) is 17.2. The van der Waals surface area contributed by atoms with E-state index in [1.54, 1.807) is 0 Å². The van der Waals surface area contributed by atoms with Crippen LogP contribution in [-0.4, -0.2) is 37.5 Å². The molecule has 1 heterocycles. The first-order chi connectivity index (χ1) is 11.2. The van der Waals surface area contributed by atoms with E-state index >= 15 is 0 Å². The van der Waals surface area contributed by atoms with Crippen LogP contribution in [0.3, 0.4) is 0 Å². The van der Waals surface area contributed by atoms with Crippen LogP contribution in [0.2, 0.25) is 0 Å². The van der Waals surface area contributed by atoms with Gasteiger partial charge in [0, 0.05) is 39.3 Å². The summed E-state index contributed by atoms with van der Waals surface area (Å²) in [4.78, 5) is 0. The molecule has 1 radical (unpaired) electrons. The summed E-state index contributed by atoms with van der Waals surface area (Å²) in [5, 5.41) is 0. The van der Waals surface area contributed by atoms with E-state index in [1.807, 2.05) is 18.2 Å². The first-order valence-electron chi connectivity index (χ1n) is 8.03. The van der Waals surface area contributed by atoms with Gasteiger partial charge in [0.1, 0.15) is 6.54 Å². The maximum atomic E-state index is 12.8. The van der Waals surface area contributed by atoms with Gasteiger partial charge in [-0.3, -0.25) is 0 Å². The molecule has 135 valence electrons. The number of alkyl halides is 3. The van der Waals surface area contributed by atoms with Gasteiger partial charge in [-0.25, -0.2) is 0 Å². The van der Waals surface area contributed by atoms with Crippen molar-refractivity contribution in [3.63, 3.8) is 0 Å². The molecule has 9 heteroatoms. The number of fused-ring (bicyclic) bond motifs is 1. The molecular formula is C16H18F3N2O2SY-. The van der Waals surface area contributed by atoms with Gasteiger partial charge in [-0.05, 0) is 31.1 Å². The molecule has 2 bridgehead atoms. The molecule has 2 aliphatic carbocycles. The molecule has 0 unspecified atom stereocenters. The second kappa shape index (κ2) is 6.55. The first kappa shape index (κ1) is 19.7. The van der Waals surface area contributed by atoms with E-state index < -0.39 is 28.5 Å².